The van der Waals surface area contributed by atoms with E-state index in [9.17, 15) is 4.79 Å². The number of benzene rings is 1. The van der Waals surface area contributed by atoms with E-state index < -0.39 is 5.91 Å². The van der Waals surface area contributed by atoms with Crippen LogP contribution in [0.3, 0.4) is 0 Å². The Kier molecular flexibility index (Phi) is 4.59. The van der Waals surface area contributed by atoms with Gasteiger partial charge >= 0.3 is 0 Å². The first kappa shape index (κ1) is 14.4. The Morgan fingerprint density at radius 1 is 1.28 bits per heavy atom. The first-order chi connectivity index (χ1) is 8.34. The number of hydrogen-bond acceptors (Lipinski definition) is 3. The van der Waals surface area contributed by atoms with Gasteiger partial charge in [-0.1, -0.05) is 19.9 Å². The summed E-state index contributed by atoms with van der Waals surface area (Å²) in [5.74, 6) is 0.0411. The van der Waals surface area contributed by atoms with Crippen molar-refractivity contribution in [3.63, 3.8) is 0 Å². The van der Waals surface area contributed by atoms with Crippen LogP contribution in [0.5, 0.6) is 0 Å². The lowest BCUT2D eigenvalue weighted by molar-refractivity contribution is 0.100. The topological polar surface area (TPSA) is 72.3 Å². The van der Waals surface area contributed by atoms with Crippen LogP contribution in [0.2, 0.25) is 0 Å². The molecule has 4 nitrogen and oxygen atoms in total. The fourth-order valence-corrected chi connectivity index (χ4v) is 2.03. The highest BCUT2D eigenvalue weighted by Gasteiger charge is 2.20. The minimum Gasteiger partial charge on any atom is -0.397 e. The fraction of sp³-hybridized carbons (Fsp3) is 0.500. The van der Waals surface area contributed by atoms with Gasteiger partial charge in [-0.2, -0.15) is 0 Å². The van der Waals surface area contributed by atoms with Crippen molar-refractivity contribution < 1.29 is 4.79 Å². The number of amides is 1. The Labute approximate surface area is 109 Å². The quantitative estimate of drug-likeness (QED) is 0.786. The number of nitrogen functional groups attached to an aromatic ring is 1. The molecule has 0 aliphatic heterocycles. The van der Waals surface area contributed by atoms with E-state index in [1.54, 1.807) is 18.2 Å². The first-order valence-corrected chi connectivity index (χ1v) is 6.29. The van der Waals surface area contributed by atoms with Crippen molar-refractivity contribution >= 4 is 17.3 Å². The number of nitrogens with zero attached hydrogens (tertiary/aromatic N) is 1. The average molecular weight is 249 g/mol. The number of hydrogen-bond donors (Lipinski definition) is 2. The molecule has 0 heterocycles. The highest BCUT2D eigenvalue weighted by molar-refractivity contribution is 6.01. The third-order valence-electron chi connectivity index (χ3n) is 2.81. The molecule has 0 aliphatic rings. The van der Waals surface area contributed by atoms with Gasteiger partial charge in [-0.25, -0.2) is 0 Å². The molecule has 0 saturated heterocycles. The third kappa shape index (κ3) is 3.15. The molecule has 4 N–H and O–H groups in total. The summed E-state index contributed by atoms with van der Waals surface area (Å²) in [5.41, 5.74) is 13.3. The molecule has 1 aromatic carbocycles. The Balaban J connectivity index is 3.30. The number of carbonyl (C=O) groups is 1. The zero-order chi connectivity index (χ0) is 13.9. The summed E-state index contributed by atoms with van der Waals surface area (Å²) in [6, 6.07) is 5.55. The monoisotopic (exact) mass is 249 g/mol. The van der Waals surface area contributed by atoms with Gasteiger partial charge in [0.1, 0.15) is 0 Å². The van der Waals surface area contributed by atoms with Crippen LogP contribution in [-0.2, 0) is 0 Å². The molecule has 0 aliphatic carbocycles. The normalized spacial score (nSPS) is 11.0. The second-order valence-corrected chi connectivity index (χ2v) is 5.25. The lowest BCUT2D eigenvalue weighted by atomic mass is 10.1. The largest absolute Gasteiger partial charge is 0.397 e. The van der Waals surface area contributed by atoms with Gasteiger partial charge < -0.3 is 16.4 Å². The highest BCUT2D eigenvalue weighted by Crippen LogP contribution is 2.30. The molecule has 0 aromatic heterocycles. The van der Waals surface area contributed by atoms with Crippen LogP contribution in [0.4, 0.5) is 11.4 Å². The van der Waals surface area contributed by atoms with Crippen molar-refractivity contribution in [3.8, 4) is 0 Å². The molecule has 1 rings (SSSR count). The Morgan fingerprint density at radius 3 is 2.33 bits per heavy atom. The van der Waals surface area contributed by atoms with Gasteiger partial charge in [0.25, 0.3) is 5.91 Å². The molecule has 4 heteroatoms. The molecule has 0 fully saturated rings. The second-order valence-electron chi connectivity index (χ2n) is 5.25. The second kappa shape index (κ2) is 5.76. The summed E-state index contributed by atoms with van der Waals surface area (Å²) in [6.45, 7) is 9.28. The van der Waals surface area contributed by atoms with Crippen LogP contribution < -0.4 is 16.4 Å². The molecule has 0 bridgehead atoms. The predicted molar refractivity (Wildman–Crippen MR) is 76.7 cm³/mol. The molecule has 100 valence electrons. The molecule has 0 spiro atoms. The van der Waals surface area contributed by atoms with Crippen LogP contribution in [0.25, 0.3) is 0 Å². The summed E-state index contributed by atoms with van der Waals surface area (Å²) >= 11 is 0. The number of rotatable bonds is 5. The number of carbonyl (C=O) groups excluding carboxylic acids is 1. The summed E-state index contributed by atoms with van der Waals surface area (Å²) in [5, 5.41) is 0. The summed E-state index contributed by atoms with van der Waals surface area (Å²) in [4.78, 5) is 13.7. The van der Waals surface area contributed by atoms with Crippen molar-refractivity contribution in [1.29, 1.82) is 0 Å². The van der Waals surface area contributed by atoms with Gasteiger partial charge in [0, 0.05) is 12.6 Å². The van der Waals surface area contributed by atoms with E-state index in [4.69, 9.17) is 11.5 Å². The Bertz CT molecular complexity index is 427. The molecule has 0 saturated carbocycles. The zero-order valence-electron chi connectivity index (χ0n) is 11.6. The van der Waals surface area contributed by atoms with E-state index in [1.807, 2.05) is 0 Å². The lowest BCUT2D eigenvalue weighted by Gasteiger charge is -2.33. The average Bonchev–Trinajstić information content (AvgIpc) is 2.25. The smallest absolute Gasteiger partial charge is 0.250 e. The van der Waals surface area contributed by atoms with Crippen molar-refractivity contribution in [2.24, 2.45) is 11.7 Å². The molecular weight excluding hydrogens is 226 g/mol. The van der Waals surface area contributed by atoms with Crippen LogP contribution in [0.1, 0.15) is 38.1 Å². The maximum atomic E-state index is 11.5. The molecular formula is C14H23N3O. The summed E-state index contributed by atoms with van der Waals surface area (Å²) in [6.07, 6.45) is 0. The molecule has 0 unspecified atom stereocenters. The lowest BCUT2D eigenvalue weighted by Crippen LogP contribution is -2.36. The van der Waals surface area contributed by atoms with E-state index in [0.717, 1.165) is 12.2 Å². The van der Waals surface area contributed by atoms with E-state index >= 15 is 0 Å². The Hall–Kier alpha value is -1.71. The third-order valence-corrected chi connectivity index (χ3v) is 2.81. The van der Waals surface area contributed by atoms with Crippen molar-refractivity contribution in [2.75, 3.05) is 17.2 Å². The van der Waals surface area contributed by atoms with E-state index in [0.29, 0.717) is 17.2 Å². The number of nitrogens with two attached hydrogens (primary N) is 2. The summed E-state index contributed by atoms with van der Waals surface area (Å²) < 4.78 is 0. The van der Waals surface area contributed by atoms with Crippen molar-refractivity contribution in [1.82, 2.24) is 0 Å². The van der Waals surface area contributed by atoms with Crippen molar-refractivity contribution in [2.45, 2.75) is 33.7 Å². The molecule has 1 amide bonds. The maximum Gasteiger partial charge on any atom is 0.250 e. The minimum atomic E-state index is -0.438. The van der Waals surface area contributed by atoms with E-state index in [1.165, 1.54) is 0 Å². The van der Waals surface area contributed by atoms with E-state index in [2.05, 4.69) is 32.6 Å². The van der Waals surface area contributed by atoms with Crippen LogP contribution in [0, 0.1) is 5.92 Å². The first-order valence-electron chi connectivity index (χ1n) is 6.29. The van der Waals surface area contributed by atoms with Gasteiger partial charge in [-0.15, -0.1) is 0 Å². The van der Waals surface area contributed by atoms with Crippen molar-refractivity contribution in [3.05, 3.63) is 23.8 Å². The zero-order valence-corrected chi connectivity index (χ0v) is 11.6. The number of anilines is 2. The molecule has 0 atom stereocenters. The van der Waals surface area contributed by atoms with Gasteiger partial charge in [0.05, 0.1) is 16.9 Å². The maximum absolute atomic E-state index is 11.5. The van der Waals surface area contributed by atoms with Gasteiger partial charge in [0.15, 0.2) is 0 Å². The van der Waals surface area contributed by atoms with Crippen LogP contribution in [0.15, 0.2) is 18.2 Å². The van der Waals surface area contributed by atoms with E-state index in [-0.39, 0.29) is 6.04 Å². The predicted octanol–water partition coefficient (Wildman–Crippen LogP) is 2.24. The minimum absolute atomic E-state index is 0.259. The van der Waals surface area contributed by atoms with Crippen LogP contribution >= 0.6 is 0 Å². The molecule has 1 aromatic rings. The van der Waals surface area contributed by atoms with Gasteiger partial charge in [-0.3, -0.25) is 4.79 Å². The highest BCUT2D eigenvalue weighted by atomic mass is 16.1. The number of para-hydroxylation sites is 1. The van der Waals surface area contributed by atoms with Gasteiger partial charge in [-0.05, 0) is 31.9 Å². The number of primary amides is 1. The SMILES string of the molecule is CC(C)CN(c1c(N)cccc1C(N)=O)C(C)C. The molecule has 0 radical (unpaired) electrons. The van der Waals surface area contributed by atoms with Crippen LogP contribution in [-0.4, -0.2) is 18.5 Å². The standard InChI is InChI=1S/C14H23N3O/c1-9(2)8-17(10(3)4)13-11(14(16)18)6-5-7-12(13)15/h5-7,9-10H,8,15H2,1-4H3,(H2,16,18). The van der Waals surface area contributed by atoms with Gasteiger partial charge in [0.2, 0.25) is 0 Å². The fourth-order valence-electron chi connectivity index (χ4n) is 2.03. The Morgan fingerprint density at radius 2 is 1.89 bits per heavy atom. The summed E-state index contributed by atoms with van der Waals surface area (Å²) in [7, 11) is 0. The molecule has 18 heavy (non-hydrogen) atoms.